The summed E-state index contributed by atoms with van der Waals surface area (Å²) in [7, 11) is 0. The summed E-state index contributed by atoms with van der Waals surface area (Å²) in [4.78, 5) is 11.9. The van der Waals surface area contributed by atoms with Gasteiger partial charge in [0.25, 0.3) is 0 Å². The second-order valence-corrected chi connectivity index (χ2v) is 6.35. The Morgan fingerprint density at radius 2 is 1.95 bits per heavy atom. The molecule has 1 aromatic rings. The molecule has 0 saturated carbocycles. The van der Waals surface area contributed by atoms with Crippen LogP contribution in [-0.4, -0.2) is 23.6 Å². The molecule has 1 atom stereocenters. The predicted octanol–water partition coefficient (Wildman–Crippen LogP) is 3.62. The van der Waals surface area contributed by atoms with Gasteiger partial charge in [-0.25, -0.2) is 5.01 Å². The third-order valence-electron chi connectivity index (χ3n) is 3.92. The van der Waals surface area contributed by atoms with E-state index in [9.17, 15) is 18.0 Å². The van der Waals surface area contributed by atoms with Crippen LogP contribution in [0, 0.1) is 5.41 Å². The summed E-state index contributed by atoms with van der Waals surface area (Å²) in [5.74, 6) is -0.380. The molecule has 1 aromatic carbocycles. The summed E-state index contributed by atoms with van der Waals surface area (Å²) < 4.78 is 41.0. The first-order valence-corrected chi connectivity index (χ1v) is 7.39. The van der Waals surface area contributed by atoms with Gasteiger partial charge >= 0.3 is 6.18 Å². The van der Waals surface area contributed by atoms with Gasteiger partial charge in [-0.15, -0.1) is 0 Å². The van der Waals surface area contributed by atoms with Crippen LogP contribution in [0.5, 0.6) is 0 Å². The molecule has 0 aliphatic carbocycles. The maximum atomic E-state index is 13.7. The van der Waals surface area contributed by atoms with Crippen molar-refractivity contribution >= 4 is 5.91 Å². The Balaban J connectivity index is 2.43. The molecule has 0 bridgehead atoms. The van der Waals surface area contributed by atoms with Crippen molar-refractivity contribution in [2.24, 2.45) is 5.41 Å². The van der Waals surface area contributed by atoms with Crippen molar-refractivity contribution in [3.05, 3.63) is 35.4 Å². The topological polar surface area (TPSA) is 32.3 Å². The van der Waals surface area contributed by atoms with Crippen LogP contribution in [0.3, 0.4) is 0 Å². The SMILES string of the molecule is CCCc1ccccc1[C@H](N1CC(C)(C)C(=O)N1)C(F)(F)F. The maximum Gasteiger partial charge on any atom is 0.409 e. The number of nitrogens with zero attached hydrogens (tertiary/aromatic N) is 1. The zero-order valence-electron chi connectivity index (χ0n) is 13.0. The molecule has 1 fully saturated rings. The van der Waals surface area contributed by atoms with Crippen LogP contribution in [0.4, 0.5) is 13.2 Å². The largest absolute Gasteiger partial charge is 0.409 e. The molecule has 3 nitrogen and oxygen atoms in total. The van der Waals surface area contributed by atoms with Gasteiger partial charge in [0.05, 0.1) is 5.41 Å². The summed E-state index contributed by atoms with van der Waals surface area (Å²) >= 11 is 0. The Labute approximate surface area is 128 Å². The molecule has 0 aromatic heterocycles. The van der Waals surface area contributed by atoms with Crippen LogP contribution in [-0.2, 0) is 11.2 Å². The van der Waals surface area contributed by atoms with Gasteiger partial charge in [0.15, 0.2) is 0 Å². The highest BCUT2D eigenvalue weighted by atomic mass is 19.4. The Hall–Kier alpha value is -1.56. The summed E-state index contributed by atoms with van der Waals surface area (Å²) in [6, 6.07) is 4.76. The van der Waals surface area contributed by atoms with Gasteiger partial charge in [0, 0.05) is 6.54 Å². The molecule has 0 unspecified atom stereocenters. The van der Waals surface area contributed by atoms with Crippen molar-refractivity contribution in [1.29, 1.82) is 0 Å². The van der Waals surface area contributed by atoms with Gasteiger partial charge in [0.1, 0.15) is 6.04 Å². The van der Waals surface area contributed by atoms with E-state index in [-0.39, 0.29) is 18.0 Å². The molecule has 122 valence electrons. The number of alkyl halides is 3. The molecule has 22 heavy (non-hydrogen) atoms. The first-order valence-electron chi connectivity index (χ1n) is 7.39. The highest BCUT2D eigenvalue weighted by Crippen LogP contribution is 2.41. The molecule has 0 radical (unpaired) electrons. The highest BCUT2D eigenvalue weighted by Gasteiger charge is 2.51. The van der Waals surface area contributed by atoms with Gasteiger partial charge in [-0.3, -0.25) is 10.2 Å². The van der Waals surface area contributed by atoms with Gasteiger partial charge in [-0.05, 0) is 31.4 Å². The Morgan fingerprint density at radius 1 is 1.32 bits per heavy atom. The number of benzene rings is 1. The van der Waals surface area contributed by atoms with Crippen LogP contribution in [0.15, 0.2) is 24.3 Å². The van der Waals surface area contributed by atoms with E-state index in [1.165, 1.54) is 6.07 Å². The van der Waals surface area contributed by atoms with Gasteiger partial charge in [-0.1, -0.05) is 37.6 Å². The zero-order valence-corrected chi connectivity index (χ0v) is 13.0. The van der Waals surface area contributed by atoms with Gasteiger partial charge in [-0.2, -0.15) is 13.2 Å². The smallest absolute Gasteiger partial charge is 0.287 e. The minimum absolute atomic E-state index is 0.0243. The lowest BCUT2D eigenvalue weighted by Gasteiger charge is -2.31. The summed E-state index contributed by atoms with van der Waals surface area (Å²) in [5, 5.41) is 1.02. The summed E-state index contributed by atoms with van der Waals surface area (Å²) in [5.41, 5.74) is 2.45. The van der Waals surface area contributed by atoms with Crippen molar-refractivity contribution < 1.29 is 18.0 Å². The molecule has 1 aliphatic heterocycles. The van der Waals surface area contributed by atoms with E-state index in [1.807, 2.05) is 6.92 Å². The van der Waals surface area contributed by atoms with Crippen molar-refractivity contribution in [1.82, 2.24) is 10.4 Å². The number of amides is 1. The predicted molar refractivity (Wildman–Crippen MR) is 77.9 cm³/mol. The summed E-state index contributed by atoms with van der Waals surface area (Å²) in [6.07, 6.45) is -3.12. The van der Waals surface area contributed by atoms with Crippen LogP contribution < -0.4 is 5.43 Å². The molecule has 6 heteroatoms. The number of carbonyl (C=O) groups is 1. The van der Waals surface area contributed by atoms with E-state index >= 15 is 0 Å². The van der Waals surface area contributed by atoms with E-state index in [2.05, 4.69) is 5.43 Å². The van der Waals surface area contributed by atoms with Crippen molar-refractivity contribution in [2.75, 3.05) is 6.54 Å². The molecule has 1 saturated heterocycles. The number of carbonyl (C=O) groups excluding carboxylic acids is 1. The monoisotopic (exact) mass is 314 g/mol. The van der Waals surface area contributed by atoms with Crippen molar-refractivity contribution in [3.8, 4) is 0 Å². The Morgan fingerprint density at radius 3 is 2.45 bits per heavy atom. The first-order chi connectivity index (χ1) is 10.2. The normalized spacial score (nSPS) is 20.0. The second-order valence-electron chi connectivity index (χ2n) is 6.35. The maximum absolute atomic E-state index is 13.7. The fourth-order valence-electron chi connectivity index (χ4n) is 2.79. The molecule has 2 rings (SSSR count). The van der Waals surface area contributed by atoms with Gasteiger partial charge in [0.2, 0.25) is 5.91 Å². The van der Waals surface area contributed by atoms with Crippen LogP contribution in [0.1, 0.15) is 44.4 Å². The summed E-state index contributed by atoms with van der Waals surface area (Å²) in [6.45, 7) is 5.25. The average Bonchev–Trinajstić information content (AvgIpc) is 2.64. The van der Waals surface area contributed by atoms with Crippen molar-refractivity contribution in [3.63, 3.8) is 0 Å². The third kappa shape index (κ3) is 3.27. The lowest BCUT2D eigenvalue weighted by molar-refractivity contribution is -0.191. The number of aryl methyl sites for hydroxylation is 1. The fraction of sp³-hybridized carbons (Fsp3) is 0.562. The minimum atomic E-state index is -4.46. The lowest BCUT2D eigenvalue weighted by Crippen LogP contribution is -2.44. The van der Waals surface area contributed by atoms with Crippen LogP contribution in [0.2, 0.25) is 0 Å². The Kier molecular flexibility index (Phi) is 4.52. The number of hydrogen-bond acceptors (Lipinski definition) is 2. The molecular formula is C16H21F3N2O. The molecule has 1 heterocycles. The average molecular weight is 314 g/mol. The number of halogens is 3. The first kappa shape index (κ1) is 16.8. The third-order valence-corrected chi connectivity index (χ3v) is 3.92. The fourth-order valence-corrected chi connectivity index (χ4v) is 2.79. The number of rotatable bonds is 4. The minimum Gasteiger partial charge on any atom is -0.287 e. The van der Waals surface area contributed by atoms with E-state index in [1.54, 1.807) is 32.0 Å². The highest BCUT2D eigenvalue weighted by molar-refractivity contribution is 5.83. The molecule has 1 aliphatic rings. The number of hydrazine groups is 1. The quantitative estimate of drug-likeness (QED) is 0.920. The number of hydrogen-bond donors (Lipinski definition) is 1. The standard InChI is InChI=1S/C16H21F3N2O/c1-4-7-11-8-5-6-9-12(11)13(16(17,18)19)21-10-15(2,3)14(22)20-21/h5-6,8-9,13H,4,7,10H2,1-3H3,(H,20,22)/t13-/m0/s1. The van der Waals surface area contributed by atoms with Crippen LogP contribution >= 0.6 is 0 Å². The zero-order chi connectivity index (χ0) is 16.5. The van der Waals surface area contributed by atoms with Crippen LogP contribution in [0.25, 0.3) is 0 Å². The Bertz CT molecular complexity index is 555. The lowest BCUT2D eigenvalue weighted by atomic mass is 9.92. The molecule has 0 spiro atoms. The van der Waals surface area contributed by atoms with E-state index < -0.39 is 17.6 Å². The van der Waals surface area contributed by atoms with E-state index in [0.29, 0.717) is 12.0 Å². The second kappa shape index (κ2) is 5.91. The molecule has 1 N–H and O–H groups in total. The van der Waals surface area contributed by atoms with E-state index in [4.69, 9.17) is 0 Å². The molecule has 1 amide bonds. The number of nitrogens with one attached hydrogen (secondary N) is 1. The van der Waals surface area contributed by atoms with Gasteiger partial charge < -0.3 is 0 Å². The van der Waals surface area contributed by atoms with Crippen molar-refractivity contribution in [2.45, 2.75) is 45.8 Å². The molecular weight excluding hydrogens is 293 g/mol. The van der Waals surface area contributed by atoms with E-state index in [0.717, 1.165) is 11.4 Å².